The summed E-state index contributed by atoms with van der Waals surface area (Å²) < 4.78 is 0. The SMILES string of the molecule is [Cl-].[NH3+]NC(=O)CCCc1ccc2ccc3cccc4ccc1c2c34. The number of hydrogen-bond acceptors (Lipinski definition) is 1. The van der Waals surface area contributed by atoms with Crippen LogP contribution < -0.4 is 23.7 Å². The molecule has 0 spiro atoms. The maximum Gasteiger partial charge on any atom is 0.264 e. The highest BCUT2D eigenvalue weighted by atomic mass is 35.5. The second kappa shape index (κ2) is 6.63. The van der Waals surface area contributed by atoms with Crippen LogP contribution in [0.5, 0.6) is 0 Å². The first kappa shape index (κ1) is 16.5. The van der Waals surface area contributed by atoms with Gasteiger partial charge in [0.25, 0.3) is 5.91 Å². The Balaban J connectivity index is 0.00000169. The summed E-state index contributed by atoms with van der Waals surface area (Å²) >= 11 is 0. The zero-order chi connectivity index (χ0) is 15.8. The van der Waals surface area contributed by atoms with Gasteiger partial charge in [0, 0.05) is 6.42 Å². The molecular formula is C20H19ClN2O. The van der Waals surface area contributed by atoms with Gasteiger partial charge in [-0.25, -0.2) is 5.43 Å². The summed E-state index contributed by atoms with van der Waals surface area (Å²) in [5.74, 6) is 3.42. The fraction of sp³-hybridized carbons (Fsp3) is 0.150. The van der Waals surface area contributed by atoms with Crippen LogP contribution >= 0.6 is 0 Å². The van der Waals surface area contributed by atoms with E-state index in [1.54, 1.807) is 0 Å². The molecule has 4 heteroatoms. The first-order chi connectivity index (χ1) is 11.3. The van der Waals surface area contributed by atoms with Crippen molar-refractivity contribution in [1.29, 1.82) is 0 Å². The predicted octanol–water partition coefficient (Wildman–Crippen LogP) is 0.184. The smallest absolute Gasteiger partial charge is 0.264 e. The Labute approximate surface area is 146 Å². The van der Waals surface area contributed by atoms with E-state index in [0.717, 1.165) is 12.8 Å². The van der Waals surface area contributed by atoms with E-state index in [2.05, 4.69) is 65.9 Å². The molecule has 0 heterocycles. The summed E-state index contributed by atoms with van der Waals surface area (Å²) in [7, 11) is 0. The van der Waals surface area contributed by atoms with E-state index in [0.29, 0.717) is 6.42 Å². The third-order valence-electron chi connectivity index (χ3n) is 4.67. The lowest BCUT2D eigenvalue weighted by molar-refractivity contribution is -0.427. The first-order valence-electron chi connectivity index (χ1n) is 7.99. The van der Waals surface area contributed by atoms with Gasteiger partial charge in [0.15, 0.2) is 0 Å². The molecule has 24 heavy (non-hydrogen) atoms. The molecular weight excluding hydrogens is 320 g/mol. The molecule has 1 amide bonds. The van der Waals surface area contributed by atoms with Gasteiger partial charge in [0.05, 0.1) is 0 Å². The van der Waals surface area contributed by atoms with Crippen molar-refractivity contribution in [2.75, 3.05) is 0 Å². The van der Waals surface area contributed by atoms with Crippen molar-refractivity contribution in [3.63, 3.8) is 0 Å². The molecule has 0 atom stereocenters. The quantitative estimate of drug-likeness (QED) is 0.405. The average Bonchev–Trinajstić information content (AvgIpc) is 2.60. The monoisotopic (exact) mass is 338 g/mol. The molecule has 0 aliphatic rings. The second-order valence-corrected chi connectivity index (χ2v) is 6.03. The van der Waals surface area contributed by atoms with Crippen LogP contribution in [0.3, 0.4) is 0 Å². The summed E-state index contributed by atoms with van der Waals surface area (Å²) in [4.78, 5) is 11.4. The molecule has 0 unspecified atom stereocenters. The molecule has 0 aliphatic carbocycles. The summed E-state index contributed by atoms with van der Waals surface area (Å²) in [6.07, 6.45) is 2.26. The largest absolute Gasteiger partial charge is 1.00 e. The number of benzene rings is 4. The maximum absolute atomic E-state index is 11.4. The molecule has 3 nitrogen and oxygen atoms in total. The Kier molecular flexibility index (Phi) is 4.56. The number of nitrogens with one attached hydrogen (secondary N) is 1. The topological polar surface area (TPSA) is 56.7 Å². The maximum atomic E-state index is 11.4. The summed E-state index contributed by atoms with van der Waals surface area (Å²) in [5, 5.41) is 7.85. The Bertz CT molecular complexity index is 997. The number of halogens is 1. The van der Waals surface area contributed by atoms with Gasteiger partial charge in [-0.05, 0) is 50.7 Å². The molecule has 4 aromatic rings. The van der Waals surface area contributed by atoms with Crippen molar-refractivity contribution in [2.45, 2.75) is 19.3 Å². The van der Waals surface area contributed by atoms with E-state index in [9.17, 15) is 4.79 Å². The Morgan fingerprint density at radius 1 is 0.875 bits per heavy atom. The van der Waals surface area contributed by atoms with Crippen LogP contribution in [-0.2, 0) is 11.2 Å². The summed E-state index contributed by atoms with van der Waals surface area (Å²) in [5.41, 5.74) is 3.75. The lowest BCUT2D eigenvalue weighted by Gasteiger charge is -2.13. The molecule has 4 rings (SSSR count). The van der Waals surface area contributed by atoms with Gasteiger partial charge < -0.3 is 12.4 Å². The molecule has 0 radical (unpaired) electrons. The Morgan fingerprint density at radius 3 is 2.21 bits per heavy atom. The lowest BCUT2D eigenvalue weighted by Crippen LogP contribution is -3.00. The standard InChI is InChI=1S/C20H18N2O.ClH/c21-22-18(23)6-2-3-13-7-8-16-10-9-14-4-1-5-15-11-12-17(13)20(16)19(14)15;/h1,4-5,7-12H,2-3,6,21H2,(H,22,23);1H. The number of rotatable bonds is 4. The van der Waals surface area contributed by atoms with Crippen molar-refractivity contribution in [1.82, 2.24) is 5.43 Å². The van der Waals surface area contributed by atoms with Gasteiger partial charge in [0.2, 0.25) is 0 Å². The van der Waals surface area contributed by atoms with Gasteiger partial charge in [-0.15, -0.1) is 0 Å². The molecule has 0 saturated carbocycles. The lowest BCUT2D eigenvalue weighted by atomic mass is 9.90. The van der Waals surface area contributed by atoms with Crippen LogP contribution in [0.2, 0.25) is 0 Å². The zero-order valence-corrected chi connectivity index (χ0v) is 14.1. The van der Waals surface area contributed by atoms with E-state index in [1.807, 2.05) is 0 Å². The number of carbonyl (C=O) groups excluding carboxylic acids is 1. The highest BCUT2D eigenvalue weighted by Crippen LogP contribution is 2.36. The number of quaternary nitrogens is 1. The van der Waals surface area contributed by atoms with E-state index in [4.69, 9.17) is 0 Å². The van der Waals surface area contributed by atoms with Crippen molar-refractivity contribution in [3.8, 4) is 0 Å². The minimum absolute atomic E-state index is 0. The van der Waals surface area contributed by atoms with Gasteiger partial charge in [-0.1, -0.05) is 54.6 Å². The van der Waals surface area contributed by atoms with Crippen LogP contribution in [0.25, 0.3) is 32.3 Å². The molecule has 0 bridgehead atoms. The van der Waals surface area contributed by atoms with Crippen LogP contribution in [0.1, 0.15) is 18.4 Å². The van der Waals surface area contributed by atoms with Gasteiger partial charge in [-0.2, -0.15) is 0 Å². The normalized spacial score (nSPS) is 11.0. The van der Waals surface area contributed by atoms with E-state index < -0.39 is 0 Å². The first-order valence-corrected chi connectivity index (χ1v) is 7.99. The van der Waals surface area contributed by atoms with Crippen LogP contribution in [0.15, 0.2) is 54.6 Å². The average molecular weight is 339 g/mol. The molecule has 122 valence electrons. The fourth-order valence-corrected chi connectivity index (χ4v) is 3.54. The number of aryl methyl sites for hydroxylation is 1. The van der Waals surface area contributed by atoms with E-state index in [-0.39, 0.29) is 18.3 Å². The predicted molar refractivity (Wildman–Crippen MR) is 94.1 cm³/mol. The minimum atomic E-state index is 0. The van der Waals surface area contributed by atoms with Crippen LogP contribution in [0.4, 0.5) is 0 Å². The van der Waals surface area contributed by atoms with E-state index >= 15 is 0 Å². The summed E-state index contributed by atoms with van der Waals surface area (Å²) in [6, 6.07) is 19.7. The number of hydrogen-bond donors (Lipinski definition) is 2. The van der Waals surface area contributed by atoms with Crippen molar-refractivity contribution >= 4 is 38.2 Å². The Hall–Kier alpha value is -2.36. The van der Waals surface area contributed by atoms with E-state index in [1.165, 1.54) is 37.9 Å². The highest BCUT2D eigenvalue weighted by molar-refractivity contribution is 6.23. The van der Waals surface area contributed by atoms with Crippen LogP contribution in [-0.4, -0.2) is 5.91 Å². The number of amides is 1. The molecule has 0 aromatic heterocycles. The third-order valence-corrected chi connectivity index (χ3v) is 4.67. The highest BCUT2D eigenvalue weighted by Gasteiger charge is 2.10. The van der Waals surface area contributed by atoms with Crippen molar-refractivity contribution in [3.05, 3.63) is 60.2 Å². The molecule has 0 saturated heterocycles. The molecule has 4 aromatic carbocycles. The van der Waals surface area contributed by atoms with Crippen molar-refractivity contribution < 1.29 is 23.0 Å². The van der Waals surface area contributed by atoms with Gasteiger partial charge in [0.1, 0.15) is 0 Å². The Morgan fingerprint density at radius 2 is 1.50 bits per heavy atom. The van der Waals surface area contributed by atoms with Gasteiger partial charge in [-0.3, -0.25) is 10.6 Å². The zero-order valence-electron chi connectivity index (χ0n) is 13.3. The minimum Gasteiger partial charge on any atom is -1.00 e. The van der Waals surface area contributed by atoms with Gasteiger partial charge >= 0.3 is 0 Å². The molecule has 0 aliphatic heterocycles. The van der Waals surface area contributed by atoms with Crippen molar-refractivity contribution in [2.24, 2.45) is 0 Å². The fourth-order valence-electron chi connectivity index (χ4n) is 3.54. The van der Waals surface area contributed by atoms with Crippen LogP contribution in [0, 0.1) is 0 Å². The third kappa shape index (κ3) is 2.66. The summed E-state index contributed by atoms with van der Waals surface area (Å²) in [6.45, 7) is 0. The number of carbonyl (C=O) groups is 1. The molecule has 4 N–H and O–H groups in total. The molecule has 0 fully saturated rings. The second-order valence-electron chi connectivity index (χ2n) is 6.03.